The predicted octanol–water partition coefficient (Wildman–Crippen LogP) is 2.79. The van der Waals surface area contributed by atoms with Crippen molar-refractivity contribution in [2.45, 2.75) is 31.7 Å². The SMILES string of the molecule is COc1cccc(N2CCN(C(=O)c3csc(C(=O)NC4CCCC4)n3)CC2)c1. The lowest BCUT2D eigenvalue weighted by Crippen LogP contribution is -2.48. The first-order chi connectivity index (χ1) is 14.1. The maximum atomic E-state index is 12.8. The Bertz CT molecular complexity index is 870. The van der Waals surface area contributed by atoms with E-state index in [0.717, 1.165) is 50.2 Å². The number of nitrogens with zero attached hydrogens (tertiary/aromatic N) is 3. The molecule has 2 aliphatic rings. The van der Waals surface area contributed by atoms with Gasteiger partial charge in [0.15, 0.2) is 5.01 Å². The maximum Gasteiger partial charge on any atom is 0.280 e. The van der Waals surface area contributed by atoms with Crippen molar-refractivity contribution in [2.24, 2.45) is 0 Å². The first kappa shape index (κ1) is 19.7. The summed E-state index contributed by atoms with van der Waals surface area (Å²) < 4.78 is 5.30. The number of rotatable bonds is 5. The van der Waals surface area contributed by atoms with Crippen LogP contribution in [0.15, 0.2) is 29.6 Å². The summed E-state index contributed by atoms with van der Waals surface area (Å²) in [4.78, 5) is 33.5. The molecule has 1 aromatic carbocycles. The van der Waals surface area contributed by atoms with E-state index >= 15 is 0 Å². The summed E-state index contributed by atoms with van der Waals surface area (Å²) >= 11 is 1.24. The first-order valence-electron chi connectivity index (χ1n) is 10.1. The van der Waals surface area contributed by atoms with Crippen molar-refractivity contribution in [2.75, 3.05) is 38.2 Å². The second-order valence-corrected chi connectivity index (χ2v) is 8.33. The van der Waals surface area contributed by atoms with Crippen LogP contribution in [0.5, 0.6) is 5.75 Å². The van der Waals surface area contributed by atoms with Crippen molar-refractivity contribution in [3.05, 3.63) is 40.3 Å². The van der Waals surface area contributed by atoms with E-state index in [9.17, 15) is 9.59 Å². The van der Waals surface area contributed by atoms with Gasteiger partial charge in [-0.2, -0.15) is 0 Å². The Kier molecular flexibility index (Phi) is 5.99. The zero-order chi connectivity index (χ0) is 20.2. The topological polar surface area (TPSA) is 74.8 Å². The molecule has 0 atom stereocenters. The third kappa shape index (κ3) is 4.53. The van der Waals surface area contributed by atoms with Crippen LogP contribution in [0.4, 0.5) is 5.69 Å². The van der Waals surface area contributed by atoms with Gasteiger partial charge in [0.2, 0.25) is 0 Å². The Labute approximate surface area is 174 Å². The number of hydrogen-bond acceptors (Lipinski definition) is 6. The summed E-state index contributed by atoms with van der Waals surface area (Å²) in [6.07, 6.45) is 4.38. The Morgan fingerprint density at radius 1 is 1.17 bits per heavy atom. The van der Waals surface area contributed by atoms with Crippen molar-refractivity contribution in [1.29, 1.82) is 0 Å². The fraction of sp³-hybridized carbons (Fsp3) is 0.476. The number of methoxy groups -OCH3 is 1. The number of anilines is 1. The molecule has 1 aromatic heterocycles. The van der Waals surface area contributed by atoms with Gasteiger partial charge in [-0.1, -0.05) is 18.9 Å². The second kappa shape index (κ2) is 8.82. The van der Waals surface area contributed by atoms with Gasteiger partial charge in [-0.05, 0) is 25.0 Å². The molecule has 154 valence electrons. The molecular weight excluding hydrogens is 388 g/mol. The van der Waals surface area contributed by atoms with Gasteiger partial charge >= 0.3 is 0 Å². The third-order valence-corrected chi connectivity index (χ3v) is 6.43. The number of nitrogens with one attached hydrogen (secondary N) is 1. The van der Waals surface area contributed by atoms with E-state index in [2.05, 4.69) is 21.3 Å². The minimum Gasteiger partial charge on any atom is -0.497 e. The molecule has 1 saturated carbocycles. The number of ether oxygens (including phenoxy) is 1. The molecule has 8 heteroatoms. The summed E-state index contributed by atoms with van der Waals surface area (Å²) in [6.45, 7) is 2.74. The molecule has 2 fully saturated rings. The highest BCUT2D eigenvalue weighted by molar-refractivity contribution is 7.11. The van der Waals surface area contributed by atoms with Crippen LogP contribution < -0.4 is 15.0 Å². The quantitative estimate of drug-likeness (QED) is 0.814. The predicted molar refractivity (Wildman–Crippen MR) is 113 cm³/mol. The Balaban J connectivity index is 1.33. The summed E-state index contributed by atoms with van der Waals surface area (Å²) in [7, 11) is 1.66. The molecule has 0 radical (unpaired) electrons. The van der Waals surface area contributed by atoms with Crippen LogP contribution in [-0.4, -0.2) is 61.0 Å². The fourth-order valence-electron chi connectivity index (χ4n) is 3.93. The van der Waals surface area contributed by atoms with E-state index in [1.165, 1.54) is 11.3 Å². The van der Waals surface area contributed by atoms with Crippen LogP contribution in [0.1, 0.15) is 46.0 Å². The molecule has 1 aliphatic heterocycles. The molecule has 1 N–H and O–H groups in total. The molecule has 0 unspecified atom stereocenters. The average molecular weight is 415 g/mol. The second-order valence-electron chi connectivity index (χ2n) is 7.47. The van der Waals surface area contributed by atoms with Crippen molar-refractivity contribution >= 4 is 28.8 Å². The Hall–Kier alpha value is -2.61. The zero-order valence-electron chi connectivity index (χ0n) is 16.6. The van der Waals surface area contributed by atoms with Gasteiger partial charge in [0.05, 0.1) is 7.11 Å². The smallest absolute Gasteiger partial charge is 0.280 e. The van der Waals surface area contributed by atoms with Crippen LogP contribution in [0.3, 0.4) is 0 Å². The van der Waals surface area contributed by atoms with Crippen LogP contribution in [0, 0.1) is 0 Å². The van der Waals surface area contributed by atoms with Crippen molar-refractivity contribution in [3.8, 4) is 5.75 Å². The monoisotopic (exact) mass is 414 g/mol. The number of thiazole rings is 1. The number of piperazine rings is 1. The molecule has 0 spiro atoms. The summed E-state index contributed by atoms with van der Waals surface area (Å²) in [5.74, 6) is 0.558. The number of aromatic nitrogens is 1. The van der Waals surface area contributed by atoms with Crippen LogP contribution in [0.2, 0.25) is 0 Å². The van der Waals surface area contributed by atoms with Crippen molar-refractivity contribution in [3.63, 3.8) is 0 Å². The standard InChI is InChI=1S/C21H26N4O3S/c1-28-17-8-4-7-16(13-17)24-9-11-25(12-10-24)21(27)18-14-29-20(23-18)19(26)22-15-5-2-3-6-15/h4,7-8,13-15H,2-3,5-6,9-12H2,1H3,(H,22,26). The minimum absolute atomic E-state index is 0.105. The number of carbonyl (C=O) groups excluding carboxylic acids is 2. The fourth-order valence-corrected chi connectivity index (χ4v) is 4.62. The Morgan fingerprint density at radius 2 is 1.93 bits per heavy atom. The maximum absolute atomic E-state index is 12.8. The lowest BCUT2D eigenvalue weighted by Gasteiger charge is -2.35. The zero-order valence-corrected chi connectivity index (χ0v) is 17.4. The van der Waals surface area contributed by atoms with Gasteiger partial charge in [-0.25, -0.2) is 4.98 Å². The molecular formula is C21H26N4O3S. The molecule has 7 nitrogen and oxygen atoms in total. The van der Waals surface area contributed by atoms with Gasteiger partial charge in [-0.3, -0.25) is 9.59 Å². The van der Waals surface area contributed by atoms with Crippen molar-refractivity contribution in [1.82, 2.24) is 15.2 Å². The lowest BCUT2D eigenvalue weighted by molar-refractivity contribution is 0.0741. The van der Waals surface area contributed by atoms with Crippen LogP contribution in [0.25, 0.3) is 0 Å². The van der Waals surface area contributed by atoms with E-state index < -0.39 is 0 Å². The van der Waals surface area contributed by atoms with Crippen LogP contribution in [-0.2, 0) is 0 Å². The highest BCUT2D eigenvalue weighted by Gasteiger charge is 2.26. The van der Waals surface area contributed by atoms with E-state index in [-0.39, 0.29) is 17.9 Å². The molecule has 4 rings (SSSR count). The molecule has 2 amide bonds. The summed E-state index contributed by atoms with van der Waals surface area (Å²) in [5.41, 5.74) is 1.46. The largest absolute Gasteiger partial charge is 0.497 e. The molecule has 1 aliphatic carbocycles. The normalized spacial score (nSPS) is 17.4. The molecule has 2 heterocycles. The van der Waals surface area contributed by atoms with Gasteiger partial charge < -0.3 is 19.9 Å². The summed E-state index contributed by atoms with van der Waals surface area (Å²) in [5, 5.41) is 5.09. The lowest BCUT2D eigenvalue weighted by atomic mass is 10.2. The molecule has 2 aromatic rings. The number of benzene rings is 1. The molecule has 1 saturated heterocycles. The van der Waals surface area contributed by atoms with E-state index in [1.807, 2.05) is 23.1 Å². The first-order valence-corrected chi connectivity index (χ1v) is 11.0. The molecule has 0 bridgehead atoms. The summed E-state index contributed by atoms with van der Waals surface area (Å²) in [6, 6.07) is 8.20. The minimum atomic E-state index is -0.163. The number of hydrogen-bond donors (Lipinski definition) is 1. The number of amides is 2. The van der Waals surface area contributed by atoms with Gasteiger partial charge in [0.25, 0.3) is 11.8 Å². The van der Waals surface area contributed by atoms with Gasteiger partial charge in [0.1, 0.15) is 11.4 Å². The third-order valence-electron chi connectivity index (χ3n) is 5.59. The van der Waals surface area contributed by atoms with Gasteiger partial charge in [-0.15, -0.1) is 11.3 Å². The van der Waals surface area contributed by atoms with E-state index in [1.54, 1.807) is 12.5 Å². The van der Waals surface area contributed by atoms with Crippen LogP contribution >= 0.6 is 11.3 Å². The number of carbonyl (C=O) groups is 2. The van der Waals surface area contributed by atoms with Gasteiger partial charge in [0, 0.05) is 49.4 Å². The highest BCUT2D eigenvalue weighted by atomic mass is 32.1. The molecule has 29 heavy (non-hydrogen) atoms. The van der Waals surface area contributed by atoms with E-state index in [0.29, 0.717) is 23.8 Å². The van der Waals surface area contributed by atoms with Crippen molar-refractivity contribution < 1.29 is 14.3 Å². The van der Waals surface area contributed by atoms with E-state index in [4.69, 9.17) is 4.74 Å². The Morgan fingerprint density at radius 3 is 2.66 bits per heavy atom. The average Bonchev–Trinajstić information content (AvgIpc) is 3.46. The highest BCUT2D eigenvalue weighted by Crippen LogP contribution is 2.23.